The molecule has 0 aliphatic carbocycles. The molecule has 1 fully saturated rings. The molecule has 1 aliphatic rings. The van der Waals surface area contributed by atoms with Crippen LogP contribution >= 0.6 is 0 Å². The van der Waals surface area contributed by atoms with E-state index in [9.17, 15) is 4.79 Å². The van der Waals surface area contributed by atoms with Gasteiger partial charge in [0.1, 0.15) is 5.52 Å². The lowest BCUT2D eigenvalue weighted by Crippen LogP contribution is -2.17. The summed E-state index contributed by atoms with van der Waals surface area (Å²) in [6.07, 6.45) is 2.45. The molecule has 3 rings (SSSR count). The Bertz CT molecular complexity index is 585. The van der Waals surface area contributed by atoms with Crippen LogP contribution in [0, 0.1) is 0 Å². The van der Waals surface area contributed by atoms with Gasteiger partial charge in [-0.05, 0) is 31.0 Å². The van der Waals surface area contributed by atoms with E-state index < -0.39 is 5.97 Å². The molecule has 1 aliphatic heterocycles. The highest BCUT2D eigenvalue weighted by molar-refractivity contribution is 5.88. The molecule has 1 aromatic heterocycles. The standard InChI is InChI=1S/C13H14N2O3/c1-17-13(16)12-14-10-8-9(4-5-11(10)18-12)15-6-2-3-7-15/h4-5,8H,2-3,6-7H2,1H3. The van der Waals surface area contributed by atoms with Crippen LogP contribution in [0.5, 0.6) is 0 Å². The zero-order valence-corrected chi connectivity index (χ0v) is 10.2. The van der Waals surface area contributed by atoms with Gasteiger partial charge in [0.25, 0.3) is 0 Å². The predicted molar refractivity (Wildman–Crippen MR) is 66.8 cm³/mol. The summed E-state index contributed by atoms with van der Waals surface area (Å²) in [5.41, 5.74) is 2.43. The molecule has 1 aromatic carbocycles. The second-order valence-electron chi connectivity index (χ2n) is 4.36. The summed E-state index contributed by atoms with van der Waals surface area (Å²) in [5.74, 6) is -0.542. The Hall–Kier alpha value is -2.04. The van der Waals surface area contributed by atoms with Crippen molar-refractivity contribution >= 4 is 22.8 Å². The summed E-state index contributed by atoms with van der Waals surface area (Å²) in [6.45, 7) is 2.15. The summed E-state index contributed by atoms with van der Waals surface area (Å²) in [4.78, 5) is 17.8. The monoisotopic (exact) mass is 246 g/mol. The maximum Gasteiger partial charge on any atom is 0.394 e. The number of fused-ring (bicyclic) bond motifs is 1. The summed E-state index contributed by atoms with van der Waals surface area (Å²) in [6, 6.07) is 5.80. The molecular weight excluding hydrogens is 232 g/mol. The Kier molecular flexibility index (Phi) is 2.66. The number of nitrogens with zero attached hydrogens (tertiary/aromatic N) is 2. The van der Waals surface area contributed by atoms with Crippen molar-refractivity contribution in [3.63, 3.8) is 0 Å². The highest BCUT2D eigenvalue weighted by Gasteiger charge is 2.17. The third kappa shape index (κ3) is 1.81. The van der Waals surface area contributed by atoms with Gasteiger partial charge in [0.15, 0.2) is 5.58 Å². The fourth-order valence-corrected chi connectivity index (χ4v) is 2.26. The van der Waals surface area contributed by atoms with Crippen molar-refractivity contribution < 1.29 is 13.9 Å². The Morgan fingerprint density at radius 2 is 2.17 bits per heavy atom. The summed E-state index contributed by atoms with van der Waals surface area (Å²) < 4.78 is 9.92. The van der Waals surface area contributed by atoms with Crippen molar-refractivity contribution in [2.24, 2.45) is 0 Å². The van der Waals surface area contributed by atoms with Crippen molar-refractivity contribution in [1.29, 1.82) is 0 Å². The van der Waals surface area contributed by atoms with Crippen LogP contribution in [0.15, 0.2) is 22.6 Å². The van der Waals surface area contributed by atoms with E-state index in [1.165, 1.54) is 20.0 Å². The lowest BCUT2D eigenvalue weighted by Gasteiger charge is -2.16. The van der Waals surface area contributed by atoms with Crippen LogP contribution in [0.25, 0.3) is 11.1 Å². The smallest absolute Gasteiger partial charge is 0.394 e. The van der Waals surface area contributed by atoms with E-state index in [4.69, 9.17) is 4.42 Å². The molecule has 0 spiro atoms. The summed E-state index contributed by atoms with van der Waals surface area (Å²) in [7, 11) is 1.31. The van der Waals surface area contributed by atoms with Crippen LogP contribution in [0.1, 0.15) is 23.5 Å². The highest BCUT2D eigenvalue weighted by atomic mass is 16.5. The van der Waals surface area contributed by atoms with E-state index in [-0.39, 0.29) is 5.89 Å². The van der Waals surface area contributed by atoms with Gasteiger partial charge in [-0.3, -0.25) is 0 Å². The van der Waals surface area contributed by atoms with Gasteiger partial charge in [-0.15, -0.1) is 0 Å². The molecular formula is C13H14N2O3. The van der Waals surface area contributed by atoms with E-state index in [2.05, 4.69) is 14.6 Å². The predicted octanol–water partition coefficient (Wildman–Crippen LogP) is 2.21. The minimum Gasteiger partial charge on any atom is -0.462 e. The molecule has 0 saturated carbocycles. The van der Waals surface area contributed by atoms with Crippen molar-refractivity contribution in [3.8, 4) is 0 Å². The number of anilines is 1. The largest absolute Gasteiger partial charge is 0.462 e. The fraction of sp³-hybridized carbons (Fsp3) is 0.385. The van der Waals surface area contributed by atoms with Crippen LogP contribution in [0.3, 0.4) is 0 Å². The first-order valence-electron chi connectivity index (χ1n) is 6.02. The number of aromatic nitrogens is 1. The number of carbonyl (C=O) groups excluding carboxylic acids is 1. The van der Waals surface area contributed by atoms with Crippen LogP contribution in [-0.2, 0) is 4.74 Å². The molecule has 0 unspecified atom stereocenters. The van der Waals surface area contributed by atoms with Crippen molar-refractivity contribution in [2.75, 3.05) is 25.1 Å². The number of esters is 1. The van der Waals surface area contributed by atoms with E-state index in [1.54, 1.807) is 0 Å². The van der Waals surface area contributed by atoms with Gasteiger partial charge in [0.2, 0.25) is 0 Å². The molecule has 5 nitrogen and oxygen atoms in total. The molecule has 2 heterocycles. The quantitative estimate of drug-likeness (QED) is 0.760. The van der Waals surface area contributed by atoms with Crippen LogP contribution in [-0.4, -0.2) is 31.2 Å². The molecule has 0 N–H and O–H groups in total. The molecule has 2 aromatic rings. The number of carbonyl (C=O) groups is 1. The fourth-order valence-electron chi connectivity index (χ4n) is 2.26. The second-order valence-corrected chi connectivity index (χ2v) is 4.36. The van der Waals surface area contributed by atoms with Gasteiger partial charge in [0.05, 0.1) is 7.11 Å². The SMILES string of the molecule is COC(=O)c1nc2cc(N3CCCC3)ccc2o1. The molecule has 0 radical (unpaired) electrons. The highest BCUT2D eigenvalue weighted by Crippen LogP contribution is 2.25. The number of oxazole rings is 1. The number of rotatable bonds is 2. The molecule has 0 amide bonds. The number of benzene rings is 1. The number of methoxy groups -OCH3 is 1. The van der Waals surface area contributed by atoms with Crippen LogP contribution in [0.2, 0.25) is 0 Å². The summed E-state index contributed by atoms with van der Waals surface area (Å²) >= 11 is 0. The molecule has 5 heteroatoms. The topological polar surface area (TPSA) is 55.6 Å². The third-order valence-electron chi connectivity index (χ3n) is 3.20. The zero-order valence-electron chi connectivity index (χ0n) is 10.2. The zero-order chi connectivity index (χ0) is 12.5. The Morgan fingerprint density at radius 1 is 1.39 bits per heavy atom. The first-order valence-corrected chi connectivity index (χ1v) is 6.02. The van der Waals surface area contributed by atoms with Gasteiger partial charge in [-0.2, -0.15) is 0 Å². The van der Waals surface area contributed by atoms with Crippen molar-refractivity contribution in [1.82, 2.24) is 4.98 Å². The van der Waals surface area contributed by atoms with Gasteiger partial charge in [0, 0.05) is 18.8 Å². The normalized spacial score (nSPS) is 15.3. The second kappa shape index (κ2) is 4.33. The van der Waals surface area contributed by atoms with E-state index >= 15 is 0 Å². The molecule has 18 heavy (non-hydrogen) atoms. The molecule has 0 bridgehead atoms. The van der Waals surface area contributed by atoms with Crippen molar-refractivity contribution in [2.45, 2.75) is 12.8 Å². The Morgan fingerprint density at radius 3 is 2.89 bits per heavy atom. The Labute approximate surface area is 104 Å². The maximum absolute atomic E-state index is 11.3. The van der Waals surface area contributed by atoms with E-state index in [0.29, 0.717) is 11.1 Å². The number of hydrogen-bond donors (Lipinski definition) is 0. The lowest BCUT2D eigenvalue weighted by atomic mass is 10.2. The van der Waals surface area contributed by atoms with E-state index in [1.807, 2.05) is 18.2 Å². The van der Waals surface area contributed by atoms with Crippen LogP contribution < -0.4 is 4.90 Å². The van der Waals surface area contributed by atoms with Gasteiger partial charge in [-0.25, -0.2) is 9.78 Å². The van der Waals surface area contributed by atoms with Gasteiger partial charge >= 0.3 is 11.9 Å². The number of hydrogen-bond acceptors (Lipinski definition) is 5. The minimum absolute atomic E-state index is 0.00562. The first kappa shape index (κ1) is 11.1. The molecule has 0 atom stereocenters. The van der Waals surface area contributed by atoms with Gasteiger partial charge in [-0.1, -0.05) is 0 Å². The average Bonchev–Trinajstić information content (AvgIpc) is 3.05. The van der Waals surface area contributed by atoms with Gasteiger partial charge < -0.3 is 14.1 Å². The molecule has 1 saturated heterocycles. The molecule has 94 valence electrons. The average molecular weight is 246 g/mol. The minimum atomic E-state index is -0.547. The Balaban J connectivity index is 1.98. The number of ether oxygens (including phenoxy) is 1. The maximum atomic E-state index is 11.3. The third-order valence-corrected chi connectivity index (χ3v) is 3.20. The van der Waals surface area contributed by atoms with E-state index in [0.717, 1.165) is 18.8 Å². The first-order chi connectivity index (χ1) is 8.78. The lowest BCUT2D eigenvalue weighted by molar-refractivity contribution is 0.0558. The van der Waals surface area contributed by atoms with Crippen molar-refractivity contribution in [3.05, 3.63) is 24.1 Å². The van der Waals surface area contributed by atoms with Crippen LogP contribution in [0.4, 0.5) is 5.69 Å². The summed E-state index contributed by atoms with van der Waals surface area (Å²) in [5, 5.41) is 0.